The molecule has 6 nitrogen and oxygen atoms in total. The van der Waals surface area contributed by atoms with Crippen LogP contribution in [-0.2, 0) is 25.6 Å². The second-order valence-electron chi connectivity index (χ2n) is 9.19. The zero-order valence-corrected chi connectivity index (χ0v) is 19.7. The summed E-state index contributed by atoms with van der Waals surface area (Å²) >= 11 is 0. The summed E-state index contributed by atoms with van der Waals surface area (Å²) in [5, 5.41) is 11.0. The molecule has 0 aliphatic carbocycles. The van der Waals surface area contributed by atoms with Crippen molar-refractivity contribution in [2.45, 2.75) is 96.7 Å². The fourth-order valence-electron chi connectivity index (χ4n) is 4.61. The Morgan fingerprint density at radius 3 is 2.39 bits per heavy atom. The lowest BCUT2D eigenvalue weighted by atomic mass is 9.69. The fraction of sp³-hybridized carbons (Fsp3) is 0.680. The first-order chi connectivity index (χ1) is 14.7. The number of benzene rings is 1. The van der Waals surface area contributed by atoms with Gasteiger partial charge in [0.1, 0.15) is 6.10 Å². The molecule has 174 valence electrons. The molecule has 6 heteroatoms. The molecule has 1 aliphatic heterocycles. The van der Waals surface area contributed by atoms with Gasteiger partial charge in [-0.3, -0.25) is 14.4 Å². The van der Waals surface area contributed by atoms with Crippen molar-refractivity contribution < 1.29 is 24.3 Å². The lowest BCUT2D eigenvalue weighted by molar-refractivity contribution is -0.317. The molecule has 0 radical (unpaired) electrons. The van der Waals surface area contributed by atoms with E-state index in [1.807, 2.05) is 18.2 Å². The van der Waals surface area contributed by atoms with E-state index in [1.54, 1.807) is 0 Å². The van der Waals surface area contributed by atoms with Crippen LogP contribution in [0.25, 0.3) is 0 Å². The number of ether oxygens (including phenoxy) is 1. The summed E-state index contributed by atoms with van der Waals surface area (Å²) in [6.07, 6.45) is 3.47. The van der Waals surface area contributed by atoms with Crippen molar-refractivity contribution >= 4 is 11.9 Å². The molecule has 0 saturated carbocycles. The smallest absolute Gasteiger partial charge is 0.306 e. The topological polar surface area (TPSA) is 76.1 Å². The minimum atomic E-state index is -0.890. The Hall–Kier alpha value is -1.92. The van der Waals surface area contributed by atoms with Crippen LogP contribution in [0.3, 0.4) is 0 Å². The van der Waals surface area contributed by atoms with E-state index in [1.165, 1.54) is 5.56 Å². The van der Waals surface area contributed by atoms with Crippen molar-refractivity contribution in [2.75, 3.05) is 6.61 Å². The van der Waals surface area contributed by atoms with Gasteiger partial charge in [-0.2, -0.15) is 5.06 Å². The molecule has 2 rings (SSSR count). The summed E-state index contributed by atoms with van der Waals surface area (Å²) in [4.78, 5) is 29.5. The summed E-state index contributed by atoms with van der Waals surface area (Å²) < 4.78 is 5.89. The third-order valence-electron chi connectivity index (χ3n) is 7.12. The first-order valence-corrected chi connectivity index (χ1v) is 11.5. The normalized spacial score (nSPS) is 28.9. The van der Waals surface area contributed by atoms with Gasteiger partial charge in [0.2, 0.25) is 0 Å². The Morgan fingerprint density at radius 1 is 1.13 bits per heavy atom. The Kier molecular flexibility index (Phi) is 9.07. The number of hydrogen-bond acceptors (Lipinski definition) is 5. The SMILES string of the molecule is CCC1(C)CC(OC(=O)CCCC(=O)O)C(C)C(C)(CC)N1OCCc1ccccc1. The second kappa shape index (κ2) is 11.1. The van der Waals surface area contributed by atoms with E-state index in [0.29, 0.717) is 19.4 Å². The van der Waals surface area contributed by atoms with E-state index >= 15 is 0 Å². The van der Waals surface area contributed by atoms with Gasteiger partial charge in [-0.25, -0.2) is 0 Å². The highest BCUT2D eigenvalue weighted by Gasteiger charge is 2.55. The number of hydroxylamine groups is 2. The number of aliphatic carboxylic acids is 1. The number of nitrogens with zero attached hydrogens (tertiary/aromatic N) is 1. The maximum Gasteiger partial charge on any atom is 0.306 e. The first kappa shape index (κ1) is 25.3. The summed E-state index contributed by atoms with van der Waals surface area (Å²) in [6, 6.07) is 10.3. The van der Waals surface area contributed by atoms with Gasteiger partial charge in [0.25, 0.3) is 0 Å². The zero-order chi connectivity index (χ0) is 23.1. The largest absolute Gasteiger partial charge is 0.481 e. The van der Waals surface area contributed by atoms with Crippen molar-refractivity contribution in [2.24, 2.45) is 5.92 Å². The maximum absolute atomic E-state index is 12.4. The molecule has 1 aliphatic rings. The van der Waals surface area contributed by atoms with Gasteiger partial charge in [0.05, 0.1) is 6.61 Å². The number of rotatable bonds is 11. The average molecular weight is 434 g/mol. The third-order valence-corrected chi connectivity index (χ3v) is 7.12. The van der Waals surface area contributed by atoms with Crippen LogP contribution in [0.4, 0.5) is 0 Å². The van der Waals surface area contributed by atoms with Crippen molar-refractivity contribution in [1.29, 1.82) is 0 Å². The van der Waals surface area contributed by atoms with E-state index in [-0.39, 0.29) is 41.9 Å². The van der Waals surface area contributed by atoms with Gasteiger partial charge in [-0.15, -0.1) is 0 Å². The lowest BCUT2D eigenvalue weighted by Gasteiger charge is -2.58. The van der Waals surface area contributed by atoms with E-state index in [4.69, 9.17) is 14.7 Å². The van der Waals surface area contributed by atoms with E-state index < -0.39 is 5.97 Å². The molecule has 0 amide bonds. The number of hydrogen-bond donors (Lipinski definition) is 1. The Balaban J connectivity index is 2.10. The summed E-state index contributed by atoms with van der Waals surface area (Å²) in [7, 11) is 0. The van der Waals surface area contributed by atoms with Crippen LogP contribution in [0.15, 0.2) is 30.3 Å². The Bertz CT molecular complexity index is 724. The van der Waals surface area contributed by atoms with Gasteiger partial charge in [0, 0.05) is 36.3 Å². The molecule has 1 aromatic rings. The third kappa shape index (κ3) is 6.30. The quantitative estimate of drug-likeness (QED) is 0.495. The molecule has 1 saturated heterocycles. The van der Waals surface area contributed by atoms with Crippen molar-refractivity contribution in [1.82, 2.24) is 5.06 Å². The molecule has 1 fully saturated rings. The maximum atomic E-state index is 12.4. The van der Waals surface area contributed by atoms with Crippen molar-refractivity contribution in [3.8, 4) is 0 Å². The monoisotopic (exact) mass is 433 g/mol. The van der Waals surface area contributed by atoms with E-state index in [0.717, 1.165) is 19.3 Å². The van der Waals surface area contributed by atoms with Gasteiger partial charge < -0.3 is 9.84 Å². The van der Waals surface area contributed by atoms with E-state index in [9.17, 15) is 9.59 Å². The number of carboxylic acid groups (broad SMARTS) is 1. The molecular formula is C25H39NO5. The molecule has 1 heterocycles. The van der Waals surface area contributed by atoms with Crippen LogP contribution in [0.1, 0.15) is 78.7 Å². The molecule has 4 unspecified atom stereocenters. The predicted molar refractivity (Wildman–Crippen MR) is 120 cm³/mol. The number of carbonyl (C=O) groups is 2. The highest BCUT2D eigenvalue weighted by molar-refractivity contribution is 5.71. The number of esters is 1. The van der Waals surface area contributed by atoms with Crippen LogP contribution in [0.5, 0.6) is 0 Å². The molecular weight excluding hydrogens is 394 g/mol. The molecule has 0 spiro atoms. The van der Waals surface area contributed by atoms with Crippen LogP contribution < -0.4 is 0 Å². The van der Waals surface area contributed by atoms with Crippen LogP contribution >= 0.6 is 0 Å². The minimum absolute atomic E-state index is 0.0162. The summed E-state index contributed by atoms with van der Waals surface area (Å²) in [5.74, 6) is -1.12. The number of carboxylic acids is 1. The van der Waals surface area contributed by atoms with Gasteiger partial charge in [0.15, 0.2) is 0 Å². The summed E-state index contributed by atoms with van der Waals surface area (Å²) in [6.45, 7) is 11.4. The average Bonchev–Trinajstić information content (AvgIpc) is 2.74. The summed E-state index contributed by atoms with van der Waals surface area (Å²) in [5.41, 5.74) is 0.697. The molecule has 0 bridgehead atoms. The highest BCUT2D eigenvalue weighted by Crippen LogP contribution is 2.46. The fourth-order valence-corrected chi connectivity index (χ4v) is 4.61. The van der Waals surface area contributed by atoms with Crippen LogP contribution in [0.2, 0.25) is 0 Å². The van der Waals surface area contributed by atoms with Crippen molar-refractivity contribution in [3.05, 3.63) is 35.9 Å². The number of carbonyl (C=O) groups excluding carboxylic acids is 1. The first-order valence-electron chi connectivity index (χ1n) is 11.5. The second-order valence-corrected chi connectivity index (χ2v) is 9.19. The molecule has 1 N–H and O–H groups in total. The van der Waals surface area contributed by atoms with Crippen LogP contribution in [-0.4, -0.2) is 45.9 Å². The Morgan fingerprint density at radius 2 is 1.81 bits per heavy atom. The highest BCUT2D eigenvalue weighted by atomic mass is 16.7. The van der Waals surface area contributed by atoms with Gasteiger partial charge in [-0.05, 0) is 45.1 Å². The van der Waals surface area contributed by atoms with Crippen molar-refractivity contribution in [3.63, 3.8) is 0 Å². The molecule has 0 aromatic heterocycles. The molecule has 31 heavy (non-hydrogen) atoms. The van der Waals surface area contributed by atoms with Gasteiger partial charge in [-0.1, -0.05) is 51.1 Å². The predicted octanol–water partition coefficient (Wildman–Crippen LogP) is 5.01. The zero-order valence-electron chi connectivity index (χ0n) is 19.7. The van der Waals surface area contributed by atoms with Gasteiger partial charge >= 0.3 is 11.9 Å². The Labute approximate surface area is 186 Å². The molecule has 4 atom stereocenters. The van der Waals surface area contributed by atoms with E-state index in [2.05, 4.69) is 51.8 Å². The minimum Gasteiger partial charge on any atom is -0.481 e. The molecule has 1 aromatic carbocycles. The van der Waals surface area contributed by atoms with Crippen LogP contribution in [0, 0.1) is 5.92 Å². The number of piperidine rings is 1. The lowest BCUT2D eigenvalue weighted by Crippen LogP contribution is -2.68. The standard InChI is InChI=1S/C25H39NO5/c1-6-24(4)18-21(31-23(29)15-11-14-22(27)28)19(3)25(5,7-2)26(24)30-17-16-20-12-9-8-10-13-20/h8-10,12-13,19,21H,6-7,11,14-18H2,1-5H3,(H,27,28).